The molecule has 6 nitrogen and oxygen atoms in total. The maximum absolute atomic E-state index is 13.1. The highest BCUT2D eigenvalue weighted by Gasteiger charge is 2.40. The molecule has 4 rings (SSSR count). The average molecular weight is 387 g/mol. The van der Waals surface area contributed by atoms with Gasteiger partial charge in [-0.3, -0.25) is 9.59 Å². The number of halogens is 1. The molecule has 2 amide bonds. The second-order valence-corrected chi connectivity index (χ2v) is 7.03. The molecular formula is C21H26FN3O3. The molecule has 150 valence electrons. The number of benzene rings is 1. The highest BCUT2D eigenvalue weighted by atomic mass is 19.1. The van der Waals surface area contributed by atoms with Gasteiger partial charge in [-0.15, -0.1) is 0 Å². The molecule has 1 N–H and O–H groups in total. The van der Waals surface area contributed by atoms with Crippen molar-refractivity contribution in [3.05, 3.63) is 52.6 Å². The highest BCUT2D eigenvalue weighted by Crippen LogP contribution is 2.39. The highest BCUT2D eigenvalue weighted by molar-refractivity contribution is 6.05. The topological polar surface area (TPSA) is 65.8 Å². The van der Waals surface area contributed by atoms with Crippen LogP contribution in [0.25, 0.3) is 0 Å². The molecule has 0 aliphatic carbocycles. The van der Waals surface area contributed by atoms with Gasteiger partial charge in [-0.25, -0.2) is 4.39 Å². The fourth-order valence-corrected chi connectivity index (χ4v) is 3.99. The molecule has 1 unspecified atom stereocenters. The van der Waals surface area contributed by atoms with Gasteiger partial charge in [0.25, 0.3) is 11.8 Å². The van der Waals surface area contributed by atoms with Gasteiger partial charge < -0.3 is 19.5 Å². The molecule has 3 heterocycles. The summed E-state index contributed by atoms with van der Waals surface area (Å²) in [6.45, 7) is 7.34. The molecule has 1 atom stereocenters. The Morgan fingerprint density at radius 3 is 2.43 bits per heavy atom. The third kappa shape index (κ3) is 3.15. The van der Waals surface area contributed by atoms with Crippen molar-refractivity contribution in [2.45, 2.75) is 39.8 Å². The van der Waals surface area contributed by atoms with E-state index in [1.165, 1.54) is 12.1 Å². The first-order chi connectivity index (χ1) is 13.4. The van der Waals surface area contributed by atoms with Crippen LogP contribution >= 0.6 is 0 Å². The second-order valence-electron chi connectivity index (χ2n) is 7.03. The van der Waals surface area contributed by atoms with Crippen LogP contribution in [0.15, 0.2) is 24.3 Å². The molecule has 7 heteroatoms. The summed E-state index contributed by atoms with van der Waals surface area (Å²) in [7, 11) is 1.69. The zero-order valence-corrected chi connectivity index (χ0v) is 16.7. The molecule has 28 heavy (non-hydrogen) atoms. The van der Waals surface area contributed by atoms with Crippen LogP contribution in [0.5, 0.6) is 5.75 Å². The fourth-order valence-electron chi connectivity index (χ4n) is 3.99. The molecule has 2 aliphatic heterocycles. The van der Waals surface area contributed by atoms with E-state index in [1.54, 1.807) is 29.0 Å². The number of nitrogens with zero attached hydrogens (tertiary/aromatic N) is 3. The average Bonchev–Trinajstić information content (AvgIpc) is 2.99. The summed E-state index contributed by atoms with van der Waals surface area (Å²) >= 11 is 0. The lowest BCUT2D eigenvalue weighted by atomic mass is 10.0. The molecule has 0 saturated carbocycles. The SMILES string of the molecule is CC.CC1CN(C)C(=O)c2c(O)c3c(n21)CCN(Cc1ccc(F)cc1)C3=O. The van der Waals surface area contributed by atoms with Crippen LogP contribution < -0.4 is 0 Å². The van der Waals surface area contributed by atoms with E-state index in [4.69, 9.17) is 0 Å². The summed E-state index contributed by atoms with van der Waals surface area (Å²) in [5.74, 6) is -1.11. The third-order valence-electron chi connectivity index (χ3n) is 5.22. The van der Waals surface area contributed by atoms with Crippen molar-refractivity contribution in [1.82, 2.24) is 14.4 Å². The molecule has 2 aliphatic rings. The van der Waals surface area contributed by atoms with Crippen LogP contribution in [-0.2, 0) is 13.0 Å². The van der Waals surface area contributed by atoms with Crippen molar-refractivity contribution >= 4 is 11.8 Å². The molecule has 0 radical (unpaired) electrons. The normalized spacial score (nSPS) is 18.4. The summed E-state index contributed by atoms with van der Waals surface area (Å²) in [5.41, 5.74) is 1.97. The largest absolute Gasteiger partial charge is 0.505 e. The summed E-state index contributed by atoms with van der Waals surface area (Å²) in [4.78, 5) is 28.7. The quantitative estimate of drug-likeness (QED) is 0.861. The molecule has 2 aromatic rings. The summed E-state index contributed by atoms with van der Waals surface area (Å²) in [6, 6.07) is 6.01. The van der Waals surface area contributed by atoms with Crippen molar-refractivity contribution in [2.75, 3.05) is 20.1 Å². The van der Waals surface area contributed by atoms with Crippen molar-refractivity contribution in [1.29, 1.82) is 0 Å². The van der Waals surface area contributed by atoms with Crippen LogP contribution in [0.4, 0.5) is 4.39 Å². The first kappa shape index (κ1) is 19.9. The number of rotatable bonds is 2. The van der Waals surface area contributed by atoms with Crippen molar-refractivity contribution < 1.29 is 19.1 Å². The maximum atomic E-state index is 13.1. The molecule has 0 spiro atoms. The van der Waals surface area contributed by atoms with E-state index in [2.05, 4.69) is 0 Å². The number of carbonyl (C=O) groups excluding carboxylic acids is 2. The van der Waals surface area contributed by atoms with Crippen molar-refractivity contribution in [3.63, 3.8) is 0 Å². The standard InChI is InChI=1S/C19H20FN3O3.C2H6/c1-11-9-21(2)19(26)16-17(24)15-14(23(11)16)7-8-22(18(15)25)10-12-3-5-13(20)6-4-12;1-2/h3-6,11,24H,7-10H2,1-2H3;1-2H3. The van der Waals surface area contributed by atoms with Gasteiger partial charge in [-0.1, -0.05) is 26.0 Å². The molecule has 0 fully saturated rings. The first-order valence-corrected chi connectivity index (χ1v) is 9.63. The Morgan fingerprint density at radius 1 is 1.14 bits per heavy atom. The Bertz CT molecular complexity index is 905. The summed E-state index contributed by atoms with van der Waals surface area (Å²) in [5, 5.41) is 10.7. The lowest BCUT2D eigenvalue weighted by Gasteiger charge is -2.33. The minimum atomic E-state index is -0.324. The smallest absolute Gasteiger partial charge is 0.274 e. The fraction of sp³-hybridized carbons (Fsp3) is 0.429. The molecule has 0 bridgehead atoms. The first-order valence-electron chi connectivity index (χ1n) is 9.63. The monoisotopic (exact) mass is 387 g/mol. The number of likely N-dealkylation sites (N-methyl/N-ethyl adjacent to an activating group) is 1. The lowest BCUT2D eigenvalue weighted by molar-refractivity contribution is 0.0704. The number of hydrogen-bond acceptors (Lipinski definition) is 3. The Morgan fingerprint density at radius 2 is 1.79 bits per heavy atom. The molecule has 0 saturated heterocycles. The summed E-state index contributed by atoms with van der Waals surface area (Å²) in [6.07, 6.45) is 0.567. The van der Waals surface area contributed by atoms with E-state index in [9.17, 15) is 19.1 Å². The number of aromatic nitrogens is 1. The second kappa shape index (κ2) is 7.66. The predicted molar refractivity (Wildman–Crippen MR) is 104 cm³/mol. The van der Waals surface area contributed by atoms with E-state index < -0.39 is 0 Å². The van der Waals surface area contributed by atoms with Gasteiger partial charge in [0, 0.05) is 44.8 Å². The van der Waals surface area contributed by atoms with Crippen LogP contribution in [-0.4, -0.2) is 51.4 Å². The lowest BCUT2D eigenvalue weighted by Crippen LogP contribution is -2.41. The predicted octanol–water partition coefficient (Wildman–Crippen LogP) is 3.20. The molecule has 1 aromatic carbocycles. The number of carbonyl (C=O) groups is 2. The van der Waals surface area contributed by atoms with Gasteiger partial charge in [0.05, 0.1) is 0 Å². The minimum Gasteiger partial charge on any atom is -0.505 e. The van der Waals surface area contributed by atoms with Crippen LogP contribution in [0.2, 0.25) is 0 Å². The maximum Gasteiger partial charge on any atom is 0.274 e. The molecule has 1 aromatic heterocycles. The van der Waals surface area contributed by atoms with Crippen LogP contribution in [0, 0.1) is 5.82 Å². The van der Waals surface area contributed by atoms with E-state index in [1.807, 2.05) is 25.3 Å². The van der Waals surface area contributed by atoms with Gasteiger partial charge >= 0.3 is 0 Å². The van der Waals surface area contributed by atoms with Gasteiger partial charge in [-0.05, 0) is 24.6 Å². The number of hydrogen-bond donors (Lipinski definition) is 1. The zero-order chi connectivity index (χ0) is 20.6. The number of amides is 2. The van der Waals surface area contributed by atoms with E-state index in [0.29, 0.717) is 26.1 Å². The van der Waals surface area contributed by atoms with Gasteiger partial charge in [0.2, 0.25) is 0 Å². The van der Waals surface area contributed by atoms with Crippen LogP contribution in [0.3, 0.4) is 0 Å². The van der Waals surface area contributed by atoms with Crippen molar-refractivity contribution in [2.24, 2.45) is 0 Å². The number of fused-ring (bicyclic) bond motifs is 3. The minimum absolute atomic E-state index is 0.00111. The van der Waals surface area contributed by atoms with Crippen molar-refractivity contribution in [3.8, 4) is 5.75 Å². The Labute approximate surface area is 164 Å². The van der Waals surface area contributed by atoms with E-state index in [0.717, 1.165) is 11.3 Å². The van der Waals surface area contributed by atoms with Gasteiger partial charge in [0.15, 0.2) is 11.4 Å². The Balaban J connectivity index is 0.00000109. The zero-order valence-electron chi connectivity index (χ0n) is 16.7. The van der Waals surface area contributed by atoms with E-state index >= 15 is 0 Å². The van der Waals surface area contributed by atoms with Gasteiger partial charge in [0.1, 0.15) is 11.4 Å². The number of aromatic hydroxyl groups is 1. The third-order valence-corrected chi connectivity index (χ3v) is 5.22. The molecular weight excluding hydrogens is 361 g/mol. The van der Waals surface area contributed by atoms with Crippen LogP contribution in [0.1, 0.15) is 58.9 Å². The van der Waals surface area contributed by atoms with Gasteiger partial charge in [-0.2, -0.15) is 0 Å². The summed E-state index contributed by atoms with van der Waals surface area (Å²) < 4.78 is 14.9. The Kier molecular flexibility index (Phi) is 5.45. The Hall–Kier alpha value is -2.83. The van der Waals surface area contributed by atoms with E-state index in [-0.39, 0.29) is 40.7 Å².